The lowest BCUT2D eigenvalue weighted by molar-refractivity contribution is 0.434. The van der Waals surface area contributed by atoms with Crippen molar-refractivity contribution in [1.82, 2.24) is 14.1 Å². The predicted octanol–water partition coefficient (Wildman–Crippen LogP) is 1.83. The molecule has 2 aromatic rings. The van der Waals surface area contributed by atoms with Gasteiger partial charge in [-0.2, -0.15) is 9.40 Å². The first-order valence-electron chi connectivity index (χ1n) is 6.63. The van der Waals surface area contributed by atoms with E-state index in [1.165, 1.54) is 0 Å². The van der Waals surface area contributed by atoms with Gasteiger partial charge in [-0.15, -0.1) is 0 Å². The lowest BCUT2D eigenvalue weighted by Crippen LogP contribution is -2.29. The highest BCUT2D eigenvalue weighted by atomic mass is 32.2. The molecular formula is C14H17N3O2S. The molecule has 0 spiro atoms. The fourth-order valence-corrected chi connectivity index (χ4v) is 3.99. The molecule has 6 heteroatoms. The topological polar surface area (TPSA) is 55.2 Å². The van der Waals surface area contributed by atoms with E-state index in [-0.39, 0.29) is 6.04 Å². The van der Waals surface area contributed by atoms with Gasteiger partial charge >= 0.3 is 0 Å². The molecule has 0 bridgehead atoms. The molecule has 1 fully saturated rings. The van der Waals surface area contributed by atoms with Crippen LogP contribution in [0.2, 0.25) is 0 Å². The molecule has 1 atom stereocenters. The molecule has 1 aliphatic rings. The van der Waals surface area contributed by atoms with Crippen LogP contribution in [0.1, 0.15) is 18.0 Å². The molecule has 106 valence electrons. The van der Waals surface area contributed by atoms with Gasteiger partial charge in [0.25, 0.3) is 0 Å². The smallest absolute Gasteiger partial charge is 0.243 e. The van der Waals surface area contributed by atoms with E-state index in [4.69, 9.17) is 0 Å². The van der Waals surface area contributed by atoms with Gasteiger partial charge in [0.2, 0.25) is 10.0 Å². The molecule has 0 N–H and O–H groups in total. The molecule has 3 rings (SSSR count). The zero-order valence-electron chi connectivity index (χ0n) is 11.3. The summed E-state index contributed by atoms with van der Waals surface area (Å²) in [7, 11) is -3.39. The van der Waals surface area contributed by atoms with Crippen molar-refractivity contribution in [1.29, 1.82) is 0 Å². The molecule has 1 aromatic carbocycles. The van der Waals surface area contributed by atoms with Gasteiger partial charge in [0, 0.05) is 25.5 Å². The van der Waals surface area contributed by atoms with Crippen LogP contribution in [0.15, 0.2) is 47.6 Å². The van der Waals surface area contributed by atoms with Crippen molar-refractivity contribution in [2.75, 3.05) is 13.1 Å². The molecule has 0 aliphatic carbocycles. The number of aryl methyl sites for hydroxylation is 1. The van der Waals surface area contributed by atoms with Crippen LogP contribution in [0.4, 0.5) is 0 Å². The lowest BCUT2D eigenvalue weighted by Gasteiger charge is -2.17. The first-order chi connectivity index (χ1) is 9.57. The third-order valence-electron chi connectivity index (χ3n) is 3.68. The Kier molecular flexibility index (Phi) is 3.35. The summed E-state index contributed by atoms with van der Waals surface area (Å²) >= 11 is 0. The summed E-state index contributed by atoms with van der Waals surface area (Å²) in [5.74, 6) is 0. The van der Waals surface area contributed by atoms with Gasteiger partial charge in [0.15, 0.2) is 0 Å². The van der Waals surface area contributed by atoms with Crippen molar-refractivity contribution >= 4 is 10.0 Å². The van der Waals surface area contributed by atoms with E-state index in [9.17, 15) is 8.42 Å². The Morgan fingerprint density at radius 3 is 2.65 bits per heavy atom. The lowest BCUT2D eigenvalue weighted by atomic mass is 10.2. The molecule has 2 heterocycles. The van der Waals surface area contributed by atoms with Crippen molar-refractivity contribution < 1.29 is 8.42 Å². The average molecular weight is 291 g/mol. The molecule has 0 unspecified atom stereocenters. The quantitative estimate of drug-likeness (QED) is 0.867. The van der Waals surface area contributed by atoms with E-state index >= 15 is 0 Å². The molecular weight excluding hydrogens is 274 g/mol. The molecule has 0 radical (unpaired) electrons. The highest BCUT2D eigenvalue weighted by molar-refractivity contribution is 7.89. The minimum atomic E-state index is -3.39. The highest BCUT2D eigenvalue weighted by Gasteiger charge is 2.33. The maximum Gasteiger partial charge on any atom is 0.243 e. The monoisotopic (exact) mass is 291 g/mol. The van der Waals surface area contributed by atoms with Crippen LogP contribution in [-0.4, -0.2) is 35.6 Å². The summed E-state index contributed by atoms with van der Waals surface area (Å²) in [4.78, 5) is 0.365. The van der Waals surface area contributed by atoms with Gasteiger partial charge in [0.1, 0.15) is 0 Å². The van der Waals surface area contributed by atoms with Crippen molar-refractivity contribution in [3.8, 4) is 0 Å². The Balaban J connectivity index is 1.81. The Morgan fingerprint density at radius 2 is 2.00 bits per heavy atom. The highest BCUT2D eigenvalue weighted by Crippen LogP contribution is 2.26. The summed E-state index contributed by atoms with van der Waals surface area (Å²) in [5, 5.41) is 4.19. The zero-order valence-corrected chi connectivity index (χ0v) is 12.1. The summed E-state index contributed by atoms with van der Waals surface area (Å²) in [6.07, 6.45) is 4.40. The number of aromatic nitrogens is 2. The SMILES string of the molecule is Cc1ccc(S(=O)(=O)N2CC[C@@H](n3cccn3)C2)cc1. The van der Waals surface area contributed by atoms with Crippen molar-refractivity contribution in [3.05, 3.63) is 48.3 Å². The molecule has 1 aliphatic heterocycles. The second-order valence-corrected chi connectivity index (χ2v) is 7.04. The summed E-state index contributed by atoms with van der Waals surface area (Å²) < 4.78 is 28.5. The standard InChI is InChI=1S/C14H17N3O2S/c1-12-3-5-14(6-4-12)20(18,19)16-10-7-13(11-16)17-9-2-8-15-17/h2-6,8-9,13H,7,10-11H2,1H3/t13-/m1/s1. The van der Waals surface area contributed by atoms with Crippen LogP contribution < -0.4 is 0 Å². The second kappa shape index (κ2) is 5.03. The molecule has 1 aromatic heterocycles. The second-order valence-electron chi connectivity index (χ2n) is 5.10. The third-order valence-corrected chi connectivity index (χ3v) is 5.56. The van der Waals surface area contributed by atoms with E-state index < -0.39 is 10.0 Å². The maximum atomic E-state index is 12.6. The largest absolute Gasteiger partial charge is 0.268 e. The average Bonchev–Trinajstić information content (AvgIpc) is 3.10. The number of sulfonamides is 1. The Hall–Kier alpha value is -1.66. The van der Waals surface area contributed by atoms with Gasteiger partial charge < -0.3 is 0 Å². The molecule has 5 nitrogen and oxygen atoms in total. The Morgan fingerprint density at radius 1 is 1.25 bits per heavy atom. The first-order valence-corrected chi connectivity index (χ1v) is 8.07. The number of hydrogen-bond acceptors (Lipinski definition) is 3. The summed E-state index contributed by atoms with van der Waals surface area (Å²) in [6, 6.07) is 8.99. The minimum absolute atomic E-state index is 0.130. The fraction of sp³-hybridized carbons (Fsp3) is 0.357. The Labute approximate surface area is 118 Å². The molecule has 1 saturated heterocycles. The first kappa shape index (κ1) is 13.3. The van der Waals surface area contributed by atoms with Gasteiger partial charge in [-0.1, -0.05) is 17.7 Å². The van der Waals surface area contributed by atoms with E-state index in [1.54, 1.807) is 22.6 Å². The molecule has 20 heavy (non-hydrogen) atoms. The predicted molar refractivity (Wildman–Crippen MR) is 75.8 cm³/mol. The third kappa shape index (κ3) is 2.36. The van der Waals surface area contributed by atoms with E-state index in [0.717, 1.165) is 12.0 Å². The Bertz CT molecular complexity index is 678. The zero-order chi connectivity index (χ0) is 14.2. The van der Waals surface area contributed by atoms with Crippen LogP contribution >= 0.6 is 0 Å². The normalized spacial score (nSPS) is 20.4. The van der Waals surface area contributed by atoms with Gasteiger partial charge in [-0.25, -0.2) is 8.42 Å². The number of hydrogen-bond donors (Lipinski definition) is 0. The van der Waals surface area contributed by atoms with E-state index in [0.29, 0.717) is 18.0 Å². The van der Waals surface area contributed by atoms with Crippen LogP contribution in [-0.2, 0) is 10.0 Å². The van der Waals surface area contributed by atoms with E-state index in [2.05, 4.69) is 5.10 Å². The van der Waals surface area contributed by atoms with Gasteiger partial charge in [-0.3, -0.25) is 4.68 Å². The number of rotatable bonds is 3. The van der Waals surface area contributed by atoms with Crippen LogP contribution in [0, 0.1) is 6.92 Å². The summed E-state index contributed by atoms with van der Waals surface area (Å²) in [5.41, 5.74) is 1.06. The van der Waals surface area contributed by atoms with Gasteiger partial charge in [-0.05, 0) is 31.5 Å². The van der Waals surface area contributed by atoms with Crippen LogP contribution in [0.3, 0.4) is 0 Å². The van der Waals surface area contributed by atoms with Crippen molar-refractivity contribution in [2.45, 2.75) is 24.3 Å². The number of nitrogens with zero attached hydrogens (tertiary/aromatic N) is 3. The van der Waals surface area contributed by atoms with Crippen LogP contribution in [0.5, 0.6) is 0 Å². The van der Waals surface area contributed by atoms with E-state index in [1.807, 2.05) is 36.0 Å². The van der Waals surface area contributed by atoms with Crippen LogP contribution in [0.25, 0.3) is 0 Å². The molecule has 0 amide bonds. The fourth-order valence-electron chi connectivity index (χ4n) is 2.50. The summed E-state index contributed by atoms with van der Waals surface area (Å²) in [6.45, 7) is 2.97. The minimum Gasteiger partial charge on any atom is -0.268 e. The van der Waals surface area contributed by atoms with Crippen molar-refractivity contribution in [3.63, 3.8) is 0 Å². The van der Waals surface area contributed by atoms with Gasteiger partial charge in [0.05, 0.1) is 10.9 Å². The van der Waals surface area contributed by atoms with Crippen molar-refractivity contribution in [2.24, 2.45) is 0 Å². The molecule has 0 saturated carbocycles. The maximum absolute atomic E-state index is 12.6. The number of benzene rings is 1.